The molecule has 0 unspecified atom stereocenters. The number of hydrogen-bond donors (Lipinski definition) is 3. The monoisotopic (exact) mass is 278 g/mol. The van der Waals surface area contributed by atoms with Crippen LogP contribution in [0.5, 0.6) is 0 Å². The Morgan fingerprint density at radius 3 is 0.692 bits per heavy atom. The molecule has 75 valence electrons. The number of rotatable bonds is 0. The van der Waals surface area contributed by atoms with E-state index in [1.165, 1.54) is 0 Å². The first-order chi connectivity index (χ1) is 5.20. The maximum absolute atomic E-state index is 8.36. The molecule has 3 N–H and O–H groups in total. The third kappa shape index (κ3) is 483. The average Bonchev–Trinajstić information content (AvgIpc) is 1.54. The van der Waals surface area contributed by atoms with Crippen LogP contribution in [0.2, 0.25) is 0 Å². The van der Waals surface area contributed by atoms with E-state index in [4.69, 9.17) is 46.0 Å². The molecule has 12 nitrogen and oxygen atoms in total. The van der Waals surface area contributed by atoms with Gasteiger partial charge in [0, 0.05) is 32.7 Å². The Morgan fingerprint density at radius 2 is 0.692 bits per heavy atom. The van der Waals surface area contributed by atoms with Gasteiger partial charge >= 0.3 is 0 Å². The van der Waals surface area contributed by atoms with Gasteiger partial charge in [-0.15, -0.1) is 30.3 Å². The average molecular weight is 278 g/mol. The molecule has 0 atom stereocenters. The molecule has 0 aliphatic rings. The molecule has 13 heteroatoms. The normalized spacial score (nSPS) is 5.54. The third-order valence-corrected chi connectivity index (χ3v) is 0. The summed E-state index contributed by atoms with van der Waals surface area (Å²) in [7, 11) is 0. The van der Waals surface area contributed by atoms with Gasteiger partial charge in [0.05, 0.1) is 0 Å². The molecule has 0 saturated carbocycles. The molecule has 0 aliphatic carbocycles. The summed E-state index contributed by atoms with van der Waals surface area (Å²) in [4.78, 5) is 25.1. The van der Waals surface area contributed by atoms with E-state index in [2.05, 4.69) is 0 Å². The van der Waals surface area contributed by atoms with Crippen molar-refractivity contribution < 1.29 is 63.6 Å². The smallest absolute Gasteiger partial charge is 0.291 e. The molecule has 0 spiro atoms. The van der Waals surface area contributed by atoms with Crippen LogP contribution in [0.4, 0.5) is 0 Å². The van der Waals surface area contributed by atoms with Gasteiger partial charge in [-0.25, -0.2) is 0 Å². The zero-order chi connectivity index (χ0) is 10.7. The van der Waals surface area contributed by atoms with Gasteiger partial charge in [-0.1, -0.05) is 0 Å². The molecule has 0 rings (SSSR count). The predicted molar refractivity (Wildman–Crippen MR) is 26.3 cm³/mol. The van der Waals surface area contributed by atoms with Gasteiger partial charge in [-0.05, 0) is 0 Å². The van der Waals surface area contributed by atoms with Crippen molar-refractivity contribution in [2.75, 3.05) is 0 Å². The Labute approximate surface area is 94.0 Å². The summed E-state index contributed by atoms with van der Waals surface area (Å²) in [6, 6.07) is 0. The van der Waals surface area contributed by atoms with Crippen molar-refractivity contribution in [3.8, 4) is 0 Å². The Kier molecular flexibility index (Phi) is 29.5. The molecule has 0 heterocycles. The third-order valence-electron chi connectivity index (χ3n) is 0. The minimum Gasteiger partial charge on any atom is -0.328 e. The van der Waals surface area contributed by atoms with E-state index in [0.717, 1.165) is 0 Å². The van der Waals surface area contributed by atoms with E-state index in [9.17, 15) is 0 Å². The summed E-state index contributed by atoms with van der Waals surface area (Å²) in [5.74, 6) is 0. The maximum Gasteiger partial charge on any atom is 0.291 e. The first-order valence-corrected chi connectivity index (χ1v) is 1.70. The second-order valence-corrected chi connectivity index (χ2v) is 0.714. The summed E-state index contributed by atoms with van der Waals surface area (Å²) in [6.07, 6.45) is 0. The largest absolute Gasteiger partial charge is 0.328 e. The molecule has 0 fully saturated rings. The standard InChI is InChI=1S/3HNO3.Y/c3*2-1(3)4;/h3*(H,2,3,4);. The van der Waals surface area contributed by atoms with Crippen LogP contribution in [-0.4, -0.2) is 30.9 Å². The zero-order valence-corrected chi connectivity index (χ0v) is 8.55. The molecule has 0 aromatic heterocycles. The van der Waals surface area contributed by atoms with Crippen molar-refractivity contribution >= 4 is 0 Å². The number of hydrogen-bond acceptors (Lipinski definition) is 6. The van der Waals surface area contributed by atoms with Gasteiger partial charge in [0.2, 0.25) is 0 Å². The summed E-state index contributed by atoms with van der Waals surface area (Å²) >= 11 is 0. The molecule has 0 saturated heterocycles. The maximum atomic E-state index is 8.36. The predicted octanol–water partition coefficient (Wildman–Crippen LogP) is -1.05. The van der Waals surface area contributed by atoms with Gasteiger partial charge in [0.15, 0.2) is 0 Å². The minimum atomic E-state index is -1.50. The van der Waals surface area contributed by atoms with Crippen LogP contribution in [-0.2, 0) is 32.7 Å². The fourth-order valence-electron chi connectivity index (χ4n) is 0. The van der Waals surface area contributed by atoms with E-state index >= 15 is 0 Å². The van der Waals surface area contributed by atoms with Crippen molar-refractivity contribution in [1.29, 1.82) is 0 Å². The Bertz CT molecular complexity index is 112. The van der Waals surface area contributed by atoms with Gasteiger partial charge in [-0.3, -0.25) is 0 Å². The summed E-state index contributed by atoms with van der Waals surface area (Å²) in [6.45, 7) is 0. The fraction of sp³-hybridized carbons (Fsp3) is 0. The van der Waals surface area contributed by atoms with E-state index in [0.29, 0.717) is 0 Å². The van der Waals surface area contributed by atoms with Crippen molar-refractivity contribution in [3.05, 3.63) is 30.3 Å². The van der Waals surface area contributed by atoms with Crippen LogP contribution in [0.1, 0.15) is 0 Å². The molecule has 0 aromatic carbocycles. The molecule has 0 amide bonds. The second kappa shape index (κ2) is 17.0. The molecule has 0 aromatic rings. The van der Waals surface area contributed by atoms with E-state index in [-0.39, 0.29) is 32.7 Å². The Morgan fingerprint density at radius 1 is 0.692 bits per heavy atom. The second-order valence-electron chi connectivity index (χ2n) is 0.714. The van der Waals surface area contributed by atoms with Crippen molar-refractivity contribution in [2.24, 2.45) is 0 Å². The Balaban J connectivity index is -0.0000000450. The molecule has 1 radical (unpaired) electrons. The van der Waals surface area contributed by atoms with E-state index in [1.807, 2.05) is 0 Å². The van der Waals surface area contributed by atoms with Crippen molar-refractivity contribution in [3.63, 3.8) is 0 Å². The van der Waals surface area contributed by atoms with Crippen molar-refractivity contribution in [2.45, 2.75) is 0 Å². The van der Waals surface area contributed by atoms with Crippen LogP contribution < -0.4 is 0 Å². The van der Waals surface area contributed by atoms with Crippen LogP contribution in [0, 0.1) is 30.3 Å². The SMILES string of the molecule is O=[N+]([O-])O.O=[N+]([O-])O.O=[N+]([O-])O.[Y]. The molecular formula is H3N3O9Y. The minimum absolute atomic E-state index is 0. The van der Waals surface area contributed by atoms with Gasteiger partial charge in [-0.2, -0.15) is 0 Å². The molecule has 0 bridgehead atoms. The summed E-state index contributed by atoms with van der Waals surface area (Å²) in [5, 5.41) is 40.9. The van der Waals surface area contributed by atoms with Gasteiger partial charge in [0.1, 0.15) is 0 Å². The zero-order valence-electron chi connectivity index (χ0n) is 5.71. The summed E-state index contributed by atoms with van der Waals surface area (Å²) in [5.41, 5.74) is 0. The Hall–Kier alpha value is -1.30. The quantitative estimate of drug-likeness (QED) is 0.366. The molecular weight excluding hydrogens is 275 g/mol. The van der Waals surface area contributed by atoms with Gasteiger partial charge < -0.3 is 15.6 Å². The van der Waals surface area contributed by atoms with Crippen LogP contribution >= 0.6 is 0 Å². The molecule has 0 aliphatic heterocycles. The van der Waals surface area contributed by atoms with Crippen molar-refractivity contribution in [1.82, 2.24) is 0 Å². The van der Waals surface area contributed by atoms with Gasteiger partial charge in [0.25, 0.3) is 15.3 Å². The van der Waals surface area contributed by atoms with Crippen LogP contribution in [0.3, 0.4) is 0 Å². The topological polar surface area (TPSA) is 190 Å². The van der Waals surface area contributed by atoms with E-state index in [1.54, 1.807) is 0 Å². The fourth-order valence-corrected chi connectivity index (χ4v) is 0. The summed E-state index contributed by atoms with van der Waals surface area (Å²) < 4.78 is 0. The first-order valence-electron chi connectivity index (χ1n) is 1.70. The number of nitrogens with zero attached hydrogens (tertiary/aromatic N) is 3. The molecule has 13 heavy (non-hydrogen) atoms. The first kappa shape index (κ1) is 22.6. The van der Waals surface area contributed by atoms with Crippen LogP contribution in [0.25, 0.3) is 0 Å². The van der Waals surface area contributed by atoms with Crippen LogP contribution in [0.15, 0.2) is 0 Å². The van der Waals surface area contributed by atoms with E-state index < -0.39 is 15.3 Å².